The number of aryl methyl sites for hydroxylation is 1. The number of nitrogens with zero attached hydrogens (tertiary/aromatic N) is 2. The molecule has 2 N–H and O–H groups in total. The van der Waals surface area contributed by atoms with E-state index >= 15 is 0 Å². The summed E-state index contributed by atoms with van der Waals surface area (Å²) in [4.78, 5) is 32.4. The van der Waals surface area contributed by atoms with E-state index in [0.717, 1.165) is 29.5 Å². The number of amides is 2. The molecule has 1 saturated carbocycles. The predicted octanol–water partition coefficient (Wildman–Crippen LogP) is 2.30. The number of hydrogen-bond acceptors (Lipinski definition) is 6. The number of nitrogens with two attached hydrogens (primary N) is 1. The summed E-state index contributed by atoms with van der Waals surface area (Å²) in [6, 6.07) is 8.88. The summed E-state index contributed by atoms with van der Waals surface area (Å²) in [5.41, 5.74) is 2.27. The van der Waals surface area contributed by atoms with Crippen molar-refractivity contribution < 1.29 is 22.2 Å². The van der Waals surface area contributed by atoms with Gasteiger partial charge in [0.1, 0.15) is 5.75 Å². The third kappa shape index (κ3) is 3.40. The maximum Gasteiger partial charge on any atom is 0.380 e. The highest BCUT2D eigenvalue weighted by Crippen LogP contribution is 2.58. The number of rotatable bonds is 4. The first kappa shape index (κ1) is 21.1. The Morgan fingerprint density at radius 3 is 2.78 bits per heavy atom. The molecule has 0 radical (unpaired) electrons. The van der Waals surface area contributed by atoms with E-state index in [1.807, 2.05) is 19.1 Å². The molecule has 5 rings (SSSR count). The minimum absolute atomic E-state index is 0.0709. The number of hydrogen-bond donors (Lipinski definition) is 1. The normalized spacial score (nSPS) is 29.3. The Labute approximate surface area is 187 Å². The highest BCUT2D eigenvalue weighted by Gasteiger charge is 2.62. The quantitative estimate of drug-likeness (QED) is 0.707. The SMILES string of the molecule is C[C@]12CC[C@@H]3c4ccc(OS(N)(=O)=O)cc4CC[C@H]3[C@@H]1C(=O)N(Cc1cccnc1)C2=O. The van der Waals surface area contributed by atoms with Crippen LogP contribution in [0.1, 0.15) is 48.8 Å². The van der Waals surface area contributed by atoms with Crippen molar-refractivity contribution in [3.05, 3.63) is 59.4 Å². The predicted molar refractivity (Wildman–Crippen MR) is 115 cm³/mol. The molecular formula is C23H25N3O5S. The Balaban J connectivity index is 1.44. The third-order valence-corrected chi connectivity index (χ3v) is 7.83. The largest absolute Gasteiger partial charge is 0.380 e. The third-order valence-electron chi connectivity index (χ3n) is 7.41. The van der Waals surface area contributed by atoms with Gasteiger partial charge in [-0.05, 0) is 79.3 Å². The van der Waals surface area contributed by atoms with Gasteiger partial charge in [0.15, 0.2) is 0 Å². The van der Waals surface area contributed by atoms with E-state index in [2.05, 4.69) is 4.98 Å². The van der Waals surface area contributed by atoms with Gasteiger partial charge in [-0.3, -0.25) is 19.5 Å². The minimum Gasteiger partial charge on any atom is -0.371 e. The number of likely N-dealkylation sites (tertiary alicyclic amines) is 1. The van der Waals surface area contributed by atoms with Gasteiger partial charge in [0.25, 0.3) is 0 Å². The molecule has 2 amide bonds. The zero-order valence-electron chi connectivity index (χ0n) is 17.7. The average Bonchev–Trinajstić information content (AvgIpc) is 2.93. The van der Waals surface area contributed by atoms with Crippen LogP contribution in [0.25, 0.3) is 0 Å². The number of aromatic nitrogens is 1. The van der Waals surface area contributed by atoms with Crippen molar-refractivity contribution in [3.63, 3.8) is 0 Å². The van der Waals surface area contributed by atoms with Crippen LogP contribution in [-0.4, -0.2) is 30.1 Å². The maximum absolute atomic E-state index is 13.5. The minimum atomic E-state index is -4.08. The van der Waals surface area contributed by atoms with Gasteiger partial charge >= 0.3 is 10.3 Å². The van der Waals surface area contributed by atoms with Crippen LogP contribution >= 0.6 is 0 Å². The Bertz CT molecular complexity index is 1200. The molecule has 168 valence electrons. The molecule has 1 aliphatic heterocycles. The average molecular weight is 456 g/mol. The Kier molecular flexibility index (Phi) is 4.86. The molecule has 1 aromatic carbocycles. The molecule has 8 nitrogen and oxygen atoms in total. The highest BCUT2D eigenvalue weighted by molar-refractivity contribution is 7.84. The first-order chi connectivity index (χ1) is 15.2. The number of carbonyl (C=O) groups excluding carboxylic acids is 2. The van der Waals surface area contributed by atoms with Gasteiger partial charge < -0.3 is 4.18 Å². The lowest BCUT2D eigenvalue weighted by molar-refractivity contribution is -0.142. The zero-order chi connectivity index (χ0) is 22.7. The summed E-state index contributed by atoms with van der Waals surface area (Å²) >= 11 is 0. The molecule has 2 heterocycles. The summed E-state index contributed by atoms with van der Waals surface area (Å²) in [7, 11) is -4.08. The standard InChI is InChI=1S/C23H25N3O5S/c1-23-9-8-18-17-7-5-16(31-32(24,29)30)11-15(17)4-6-19(18)20(23)21(27)26(22(23)28)13-14-3-2-10-25-12-14/h2-3,5,7,10-12,18-20H,4,6,8-9,13H2,1H3,(H2,24,29,30)/t18-,19-,20-,23+/m1/s1. The molecule has 0 bridgehead atoms. The number of pyridine rings is 1. The molecule has 2 fully saturated rings. The van der Waals surface area contributed by atoms with E-state index in [0.29, 0.717) is 12.8 Å². The lowest BCUT2D eigenvalue weighted by atomic mass is 9.55. The molecular weight excluding hydrogens is 430 g/mol. The number of imide groups is 1. The number of benzene rings is 1. The van der Waals surface area contributed by atoms with Gasteiger partial charge in [0.05, 0.1) is 17.9 Å². The van der Waals surface area contributed by atoms with Crippen molar-refractivity contribution in [2.75, 3.05) is 0 Å². The summed E-state index contributed by atoms with van der Waals surface area (Å²) in [6.45, 7) is 2.19. The number of fused-ring (bicyclic) bond motifs is 5. The summed E-state index contributed by atoms with van der Waals surface area (Å²) in [6.07, 6.45) is 6.25. The van der Waals surface area contributed by atoms with E-state index in [1.165, 1.54) is 4.90 Å². The fourth-order valence-electron chi connectivity index (χ4n) is 6.05. The van der Waals surface area contributed by atoms with Gasteiger partial charge in [-0.15, -0.1) is 0 Å². The van der Waals surface area contributed by atoms with Crippen LogP contribution in [0.15, 0.2) is 42.7 Å². The molecule has 1 aromatic heterocycles. The van der Waals surface area contributed by atoms with Crippen molar-refractivity contribution in [1.29, 1.82) is 0 Å². The van der Waals surface area contributed by atoms with Gasteiger partial charge in [0.2, 0.25) is 11.8 Å². The molecule has 9 heteroatoms. The Morgan fingerprint density at radius 2 is 2.06 bits per heavy atom. The molecule has 0 spiro atoms. The van der Waals surface area contributed by atoms with Crippen LogP contribution in [0, 0.1) is 17.3 Å². The zero-order valence-corrected chi connectivity index (χ0v) is 18.5. The molecule has 2 aromatic rings. The monoisotopic (exact) mass is 455 g/mol. The second kappa shape index (κ2) is 7.38. The van der Waals surface area contributed by atoms with Gasteiger partial charge in [-0.1, -0.05) is 12.1 Å². The second-order valence-corrected chi connectivity index (χ2v) is 10.4. The molecule has 2 aliphatic carbocycles. The van der Waals surface area contributed by atoms with Crippen LogP contribution in [0.5, 0.6) is 5.75 Å². The molecule has 4 atom stereocenters. The first-order valence-corrected chi connectivity index (χ1v) is 12.2. The lowest BCUT2D eigenvalue weighted by Gasteiger charge is -2.46. The topological polar surface area (TPSA) is 120 Å². The van der Waals surface area contributed by atoms with E-state index in [-0.39, 0.29) is 41.9 Å². The van der Waals surface area contributed by atoms with Crippen LogP contribution in [-0.2, 0) is 32.9 Å². The molecule has 0 unspecified atom stereocenters. The van der Waals surface area contributed by atoms with Crippen molar-refractivity contribution in [2.24, 2.45) is 22.4 Å². The highest BCUT2D eigenvalue weighted by atomic mass is 32.2. The van der Waals surface area contributed by atoms with Crippen molar-refractivity contribution in [2.45, 2.75) is 45.1 Å². The van der Waals surface area contributed by atoms with Crippen molar-refractivity contribution >= 4 is 22.1 Å². The first-order valence-electron chi connectivity index (χ1n) is 10.8. The van der Waals surface area contributed by atoms with E-state index in [9.17, 15) is 18.0 Å². The molecule has 32 heavy (non-hydrogen) atoms. The van der Waals surface area contributed by atoms with Crippen LogP contribution < -0.4 is 9.32 Å². The van der Waals surface area contributed by atoms with Gasteiger partial charge in [-0.25, -0.2) is 0 Å². The van der Waals surface area contributed by atoms with Crippen molar-refractivity contribution in [3.8, 4) is 5.75 Å². The summed E-state index contributed by atoms with van der Waals surface area (Å²) in [5.74, 6) is -0.109. The summed E-state index contributed by atoms with van der Waals surface area (Å²) in [5, 5.41) is 4.99. The second-order valence-electron chi connectivity index (χ2n) is 9.27. The van der Waals surface area contributed by atoms with E-state index < -0.39 is 15.7 Å². The molecule has 1 saturated heterocycles. The van der Waals surface area contributed by atoms with Gasteiger partial charge in [-0.2, -0.15) is 13.6 Å². The lowest BCUT2D eigenvalue weighted by Crippen LogP contribution is -2.44. The summed E-state index contributed by atoms with van der Waals surface area (Å²) < 4.78 is 27.4. The fraction of sp³-hybridized carbons (Fsp3) is 0.435. The number of carbonyl (C=O) groups is 2. The van der Waals surface area contributed by atoms with E-state index in [4.69, 9.17) is 9.32 Å². The van der Waals surface area contributed by atoms with Crippen LogP contribution in [0.4, 0.5) is 0 Å². The fourth-order valence-corrected chi connectivity index (χ4v) is 6.42. The molecule has 3 aliphatic rings. The Morgan fingerprint density at radius 1 is 1.25 bits per heavy atom. The maximum atomic E-state index is 13.5. The van der Waals surface area contributed by atoms with Crippen molar-refractivity contribution in [1.82, 2.24) is 9.88 Å². The van der Waals surface area contributed by atoms with E-state index in [1.54, 1.807) is 30.6 Å². The smallest absolute Gasteiger partial charge is 0.371 e. The van der Waals surface area contributed by atoms with Crippen LogP contribution in [0.3, 0.4) is 0 Å². The van der Waals surface area contributed by atoms with Gasteiger partial charge in [0, 0.05) is 12.4 Å². The Hall–Kier alpha value is -2.78. The van der Waals surface area contributed by atoms with Crippen LogP contribution in [0.2, 0.25) is 0 Å².